The molecule has 0 saturated heterocycles. The summed E-state index contributed by atoms with van der Waals surface area (Å²) in [6.07, 6.45) is 0. The lowest BCUT2D eigenvalue weighted by Gasteiger charge is -2.05. The Bertz CT molecular complexity index is 728. The first kappa shape index (κ1) is 17.4. The van der Waals surface area contributed by atoms with E-state index in [4.69, 9.17) is 11.6 Å². The van der Waals surface area contributed by atoms with Gasteiger partial charge in [0.05, 0.1) is 11.5 Å². The van der Waals surface area contributed by atoms with Crippen molar-refractivity contribution < 1.29 is 4.79 Å². The van der Waals surface area contributed by atoms with Crippen molar-refractivity contribution >= 4 is 35.0 Å². The lowest BCUT2D eigenvalue weighted by Crippen LogP contribution is -2.21. The Kier molecular flexibility index (Phi) is 6.12. The fourth-order valence-corrected chi connectivity index (χ4v) is 2.90. The quantitative estimate of drug-likeness (QED) is 0.389. The smallest absolute Gasteiger partial charge is 0.250 e. The molecule has 23 heavy (non-hydrogen) atoms. The van der Waals surface area contributed by atoms with Crippen molar-refractivity contribution in [1.29, 1.82) is 0 Å². The molecule has 0 atom stereocenters. The molecule has 0 fully saturated rings. The Balaban J connectivity index is 1.92. The molecule has 2 aromatic rings. The number of aromatic nitrogens is 2. The van der Waals surface area contributed by atoms with Crippen LogP contribution in [0.2, 0.25) is 5.02 Å². The number of amides is 1. The van der Waals surface area contributed by atoms with E-state index < -0.39 is 0 Å². The van der Waals surface area contributed by atoms with Gasteiger partial charge < -0.3 is 0 Å². The number of carbonyl (C=O) groups excluding carboxylic acids is 1. The van der Waals surface area contributed by atoms with E-state index >= 15 is 0 Å². The van der Waals surface area contributed by atoms with Gasteiger partial charge in [-0.25, -0.2) is 15.4 Å². The third kappa shape index (κ3) is 5.33. The first-order valence-electron chi connectivity index (χ1n) is 6.99. The van der Waals surface area contributed by atoms with E-state index in [0.717, 1.165) is 17.0 Å². The number of nitrogens with zero attached hydrogens (tertiary/aromatic N) is 3. The summed E-state index contributed by atoms with van der Waals surface area (Å²) in [5.74, 6) is -0.0217. The maximum Gasteiger partial charge on any atom is 0.250 e. The molecule has 0 aliphatic heterocycles. The topological polar surface area (TPSA) is 67.2 Å². The number of thioether (sulfide) groups is 1. The molecule has 1 heterocycles. The minimum absolute atomic E-state index is 0.197. The monoisotopic (exact) mass is 348 g/mol. The minimum Gasteiger partial charge on any atom is -0.272 e. The van der Waals surface area contributed by atoms with Gasteiger partial charge in [-0.1, -0.05) is 41.6 Å². The van der Waals surface area contributed by atoms with E-state index in [1.165, 1.54) is 11.8 Å². The first-order valence-corrected chi connectivity index (χ1v) is 8.35. The molecule has 1 aromatic heterocycles. The summed E-state index contributed by atoms with van der Waals surface area (Å²) in [4.78, 5) is 20.4. The summed E-state index contributed by atoms with van der Waals surface area (Å²) in [7, 11) is 0. The molecule has 1 amide bonds. The van der Waals surface area contributed by atoms with E-state index in [9.17, 15) is 4.79 Å². The molecule has 0 unspecified atom stereocenters. The van der Waals surface area contributed by atoms with E-state index in [1.54, 1.807) is 13.0 Å². The zero-order valence-corrected chi connectivity index (χ0v) is 14.7. The van der Waals surface area contributed by atoms with Crippen LogP contribution in [0, 0.1) is 13.8 Å². The molecular formula is C16H17ClN4OS. The van der Waals surface area contributed by atoms with Crippen molar-refractivity contribution in [2.24, 2.45) is 5.10 Å². The number of halogens is 1. The average molecular weight is 349 g/mol. The minimum atomic E-state index is -0.218. The van der Waals surface area contributed by atoms with Gasteiger partial charge in [0.1, 0.15) is 0 Å². The van der Waals surface area contributed by atoms with Gasteiger partial charge in [0, 0.05) is 22.0 Å². The van der Waals surface area contributed by atoms with Crippen LogP contribution in [0.15, 0.2) is 40.6 Å². The van der Waals surface area contributed by atoms with Gasteiger partial charge in [0.25, 0.3) is 5.91 Å². The Labute approximate surface area is 144 Å². The average Bonchev–Trinajstić information content (AvgIpc) is 2.50. The number of aryl methyl sites for hydroxylation is 2. The van der Waals surface area contributed by atoms with Crippen LogP contribution in [0.4, 0.5) is 0 Å². The number of hydrazone groups is 1. The summed E-state index contributed by atoms with van der Waals surface area (Å²) >= 11 is 7.37. The van der Waals surface area contributed by atoms with Gasteiger partial charge in [0.2, 0.25) is 0 Å². The van der Waals surface area contributed by atoms with Crippen LogP contribution in [0.5, 0.6) is 0 Å². The Morgan fingerprint density at radius 1 is 1.26 bits per heavy atom. The largest absolute Gasteiger partial charge is 0.272 e. The van der Waals surface area contributed by atoms with Crippen LogP contribution >= 0.6 is 23.4 Å². The number of nitrogens with one attached hydrogen (secondary N) is 1. The molecule has 5 nitrogen and oxygen atoms in total. The second-order valence-electron chi connectivity index (χ2n) is 4.93. The third-order valence-electron chi connectivity index (χ3n) is 2.91. The lowest BCUT2D eigenvalue weighted by molar-refractivity contribution is -0.118. The molecule has 0 aliphatic rings. The number of rotatable bonds is 5. The molecule has 0 aliphatic carbocycles. The highest BCUT2D eigenvalue weighted by Crippen LogP contribution is 2.16. The maximum atomic E-state index is 11.9. The second-order valence-corrected chi connectivity index (χ2v) is 6.28. The van der Waals surface area contributed by atoms with Crippen LogP contribution in [0.25, 0.3) is 0 Å². The second kappa shape index (κ2) is 8.08. The zero-order valence-electron chi connectivity index (χ0n) is 13.1. The highest BCUT2D eigenvalue weighted by atomic mass is 35.5. The molecule has 0 radical (unpaired) electrons. The van der Waals surface area contributed by atoms with E-state index in [2.05, 4.69) is 20.5 Å². The number of carbonyl (C=O) groups is 1. The molecule has 0 saturated carbocycles. The summed E-state index contributed by atoms with van der Waals surface area (Å²) in [5.41, 5.74) is 5.73. The predicted octanol–water partition coefficient (Wildman–Crippen LogP) is 3.38. The van der Waals surface area contributed by atoms with Crippen LogP contribution in [-0.4, -0.2) is 27.3 Å². The van der Waals surface area contributed by atoms with Gasteiger partial charge in [0.15, 0.2) is 5.16 Å². The molecule has 0 bridgehead atoms. The van der Waals surface area contributed by atoms with Crippen molar-refractivity contribution in [3.8, 4) is 0 Å². The maximum absolute atomic E-state index is 11.9. The summed E-state index contributed by atoms with van der Waals surface area (Å²) in [5, 5.41) is 5.27. The Hall–Kier alpha value is -1.92. The number of benzene rings is 1. The Morgan fingerprint density at radius 3 is 2.57 bits per heavy atom. The van der Waals surface area contributed by atoms with E-state index in [1.807, 2.05) is 38.1 Å². The van der Waals surface area contributed by atoms with Crippen molar-refractivity contribution in [3.05, 3.63) is 52.3 Å². The first-order chi connectivity index (χ1) is 11.0. The summed E-state index contributed by atoms with van der Waals surface area (Å²) < 4.78 is 0. The van der Waals surface area contributed by atoms with E-state index in [0.29, 0.717) is 15.9 Å². The molecule has 0 spiro atoms. The van der Waals surface area contributed by atoms with Gasteiger partial charge >= 0.3 is 0 Å². The summed E-state index contributed by atoms with van der Waals surface area (Å²) in [6.45, 7) is 5.59. The molecular weight excluding hydrogens is 332 g/mol. The SMILES string of the molecule is C/C(=N\NC(=O)CSc1nc(C)cc(C)n1)c1ccccc1Cl. The van der Waals surface area contributed by atoms with Crippen molar-refractivity contribution in [3.63, 3.8) is 0 Å². The van der Waals surface area contributed by atoms with Crippen LogP contribution in [-0.2, 0) is 4.79 Å². The fraction of sp³-hybridized carbons (Fsp3) is 0.250. The molecule has 120 valence electrons. The lowest BCUT2D eigenvalue weighted by atomic mass is 10.1. The van der Waals surface area contributed by atoms with Crippen LogP contribution < -0.4 is 5.43 Å². The molecule has 7 heteroatoms. The third-order valence-corrected chi connectivity index (χ3v) is 4.08. The van der Waals surface area contributed by atoms with Crippen LogP contribution in [0.1, 0.15) is 23.9 Å². The molecule has 2 rings (SSSR count). The zero-order chi connectivity index (χ0) is 16.8. The molecule has 1 aromatic carbocycles. The predicted molar refractivity (Wildman–Crippen MR) is 94.0 cm³/mol. The van der Waals surface area contributed by atoms with Gasteiger partial charge in [-0.05, 0) is 32.9 Å². The van der Waals surface area contributed by atoms with Crippen molar-refractivity contribution in [1.82, 2.24) is 15.4 Å². The fourth-order valence-electron chi connectivity index (χ4n) is 1.88. The number of hydrogen-bond acceptors (Lipinski definition) is 5. The highest BCUT2D eigenvalue weighted by Gasteiger charge is 2.07. The van der Waals surface area contributed by atoms with Crippen molar-refractivity contribution in [2.45, 2.75) is 25.9 Å². The van der Waals surface area contributed by atoms with Gasteiger partial charge in [-0.2, -0.15) is 5.10 Å². The number of hydrogen-bond donors (Lipinski definition) is 1. The van der Waals surface area contributed by atoms with Gasteiger partial charge in [-0.15, -0.1) is 0 Å². The summed E-state index contributed by atoms with van der Waals surface area (Å²) in [6, 6.07) is 9.24. The van der Waals surface area contributed by atoms with Crippen molar-refractivity contribution in [2.75, 3.05) is 5.75 Å². The normalized spacial score (nSPS) is 11.4. The van der Waals surface area contributed by atoms with Gasteiger partial charge in [-0.3, -0.25) is 4.79 Å². The molecule has 1 N–H and O–H groups in total. The Morgan fingerprint density at radius 2 is 1.91 bits per heavy atom. The standard InChI is InChI=1S/C16H17ClN4OS/c1-10-8-11(2)19-16(18-10)23-9-15(22)21-20-12(3)13-6-4-5-7-14(13)17/h4-8H,9H2,1-3H3,(H,21,22)/b20-12+. The highest BCUT2D eigenvalue weighted by molar-refractivity contribution is 7.99. The van der Waals surface area contributed by atoms with E-state index in [-0.39, 0.29) is 11.7 Å². The van der Waals surface area contributed by atoms with Crippen LogP contribution in [0.3, 0.4) is 0 Å².